The summed E-state index contributed by atoms with van der Waals surface area (Å²) in [4.78, 5) is 12.1. The summed E-state index contributed by atoms with van der Waals surface area (Å²) in [5.41, 5.74) is 3.09. The highest BCUT2D eigenvalue weighted by atomic mass is 35.5. The molecule has 0 heterocycles. The van der Waals surface area contributed by atoms with Crippen LogP contribution < -0.4 is 10.1 Å². The molecule has 23 heavy (non-hydrogen) atoms. The monoisotopic (exact) mass is 331 g/mol. The van der Waals surface area contributed by atoms with Gasteiger partial charge in [-0.1, -0.05) is 41.9 Å². The van der Waals surface area contributed by atoms with Crippen LogP contribution in [0.15, 0.2) is 42.5 Å². The quantitative estimate of drug-likeness (QED) is 0.866. The molecule has 122 valence electrons. The third-order valence-electron chi connectivity index (χ3n) is 3.65. The maximum absolute atomic E-state index is 12.1. The van der Waals surface area contributed by atoms with Crippen molar-refractivity contribution < 1.29 is 9.53 Å². The van der Waals surface area contributed by atoms with Gasteiger partial charge in [0.2, 0.25) is 0 Å². The van der Waals surface area contributed by atoms with E-state index in [1.54, 1.807) is 6.92 Å². The van der Waals surface area contributed by atoms with Crippen molar-refractivity contribution in [2.24, 2.45) is 0 Å². The molecule has 0 saturated carbocycles. The number of amides is 1. The van der Waals surface area contributed by atoms with E-state index < -0.39 is 6.10 Å². The first-order chi connectivity index (χ1) is 11.0. The Morgan fingerprint density at radius 2 is 1.78 bits per heavy atom. The van der Waals surface area contributed by atoms with Crippen LogP contribution in [0, 0.1) is 13.8 Å². The van der Waals surface area contributed by atoms with Gasteiger partial charge < -0.3 is 10.1 Å². The zero-order valence-corrected chi connectivity index (χ0v) is 14.5. The molecular weight excluding hydrogens is 310 g/mol. The summed E-state index contributed by atoms with van der Waals surface area (Å²) in [5.74, 6) is 0.543. The largest absolute Gasteiger partial charge is 0.481 e. The minimum absolute atomic E-state index is 0.119. The molecule has 4 heteroatoms. The third kappa shape index (κ3) is 5.00. The zero-order chi connectivity index (χ0) is 16.8. The van der Waals surface area contributed by atoms with E-state index in [2.05, 4.69) is 5.32 Å². The number of carbonyl (C=O) groups is 1. The Hall–Kier alpha value is -2.00. The first-order valence-electron chi connectivity index (χ1n) is 7.72. The summed E-state index contributed by atoms with van der Waals surface area (Å²) in [5, 5.41) is 3.64. The molecule has 3 nitrogen and oxygen atoms in total. The molecule has 0 aliphatic heterocycles. The normalized spacial score (nSPS) is 11.8. The van der Waals surface area contributed by atoms with Crippen molar-refractivity contribution in [3.63, 3.8) is 0 Å². The molecule has 0 radical (unpaired) electrons. The topological polar surface area (TPSA) is 38.3 Å². The van der Waals surface area contributed by atoms with Gasteiger partial charge in [-0.3, -0.25) is 4.79 Å². The summed E-state index contributed by atoms with van der Waals surface area (Å²) in [7, 11) is 0. The van der Waals surface area contributed by atoms with E-state index in [4.69, 9.17) is 16.3 Å². The molecule has 2 aromatic rings. The second-order valence-electron chi connectivity index (χ2n) is 5.66. The van der Waals surface area contributed by atoms with E-state index in [-0.39, 0.29) is 5.91 Å². The van der Waals surface area contributed by atoms with Crippen LogP contribution in [0.1, 0.15) is 23.6 Å². The highest BCUT2D eigenvalue weighted by molar-refractivity contribution is 6.32. The predicted molar refractivity (Wildman–Crippen MR) is 94.2 cm³/mol. The Labute approximate surface area is 142 Å². The summed E-state index contributed by atoms with van der Waals surface area (Å²) < 4.78 is 5.72. The van der Waals surface area contributed by atoms with E-state index in [0.717, 1.165) is 22.6 Å². The number of hydrogen-bond acceptors (Lipinski definition) is 2. The van der Waals surface area contributed by atoms with Gasteiger partial charge in [0.1, 0.15) is 5.75 Å². The van der Waals surface area contributed by atoms with E-state index in [1.807, 2.05) is 56.3 Å². The van der Waals surface area contributed by atoms with Gasteiger partial charge in [0, 0.05) is 11.6 Å². The first kappa shape index (κ1) is 17.4. The average molecular weight is 332 g/mol. The van der Waals surface area contributed by atoms with E-state index >= 15 is 0 Å². The number of ether oxygens (including phenoxy) is 1. The minimum atomic E-state index is -0.550. The number of halogens is 1. The fourth-order valence-corrected chi connectivity index (χ4v) is 2.46. The van der Waals surface area contributed by atoms with Gasteiger partial charge in [-0.2, -0.15) is 0 Å². The maximum atomic E-state index is 12.1. The molecular formula is C19H22ClNO2. The maximum Gasteiger partial charge on any atom is 0.260 e. The van der Waals surface area contributed by atoms with Gasteiger partial charge >= 0.3 is 0 Å². The van der Waals surface area contributed by atoms with Crippen molar-refractivity contribution in [3.05, 3.63) is 64.2 Å². The smallest absolute Gasteiger partial charge is 0.260 e. The summed E-state index contributed by atoms with van der Waals surface area (Å²) in [6.07, 6.45) is 0.254. The lowest BCUT2D eigenvalue weighted by molar-refractivity contribution is -0.127. The van der Waals surface area contributed by atoms with Gasteiger partial charge in [0.15, 0.2) is 6.10 Å². The highest BCUT2D eigenvalue weighted by Gasteiger charge is 2.15. The second kappa shape index (κ2) is 8.02. The Bertz CT molecular complexity index is 647. The molecule has 0 bridgehead atoms. The lowest BCUT2D eigenvalue weighted by Gasteiger charge is -2.16. The SMILES string of the molecule is Cc1cc(O[C@H](C)C(=O)NCCc2ccccc2)cc(C)c1Cl. The molecule has 1 amide bonds. The van der Waals surface area contributed by atoms with Crippen LogP contribution in [0.5, 0.6) is 5.75 Å². The van der Waals surface area contributed by atoms with Crippen LogP contribution in [-0.2, 0) is 11.2 Å². The van der Waals surface area contributed by atoms with E-state index in [9.17, 15) is 4.79 Å². The van der Waals surface area contributed by atoms with Gasteiger partial charge in [-0.25, -0.2) is 0 Å². The first-order valence-corrected chi connectivity index (χ1v) is 8.10. The van der Waals surface area contributed by atoms with Crippen molar-refractivity contribution in [1.29, 1.82) is 0 Å². The van der Waals surface area contributed by atoms with Gasteiger partial charge in [0.25, 0.3) is 5.91 Å². The fourth-order valence-electron chi connectivity index (χ4n) is 2.35. The van der Waals surface area contributed by atoms with Gasteiger partial charge in [-0.05, 0) is 56.0 Å². The van der Waals surface area contributed by atoms with Gasteiger partial charge in [-0.15, -0.1) is 0 Å². The Morgan fingerprint density at radius 1 is 1.17 bits per heavy atom. The van der Waals surface area contributed by atoms with Crippen LogP contribution in [0.25, 0.3) is 0 Å². The second-order valence-corrected chi connectivity index (χ2v) is 6.04. The van der Waals surface area contributed by atoms with Crippen LogP contribution in [-0.4, -0.2) is 18.6 Å². The van der Waals surface area contributed by atoms with Crippen molar-refractivity contribution in [1.82, 2.24) is 5.32 Å². The Kier molecular flexibility index (Phi) is 6.05. The Morgan fingerprint density at radius 3 is 2.39 bits per heavy atom. The molecule has 0 unspecified atom stereocenters. The van der Waals surface area contributed by atoms with Crippen LogP contribution in [0.3, 0.4) is 0 Å². The van der Waals surface area contributed by atoms with Crippen LogP contribution in [0.4, 0.5) is 0 Å². The molecule has 2 aromatic carbocycles. The number of aryl methyl sites for hydroxylation is 2. The molecule has 0 aromatic heterocycles. The molecule has 1 atom stereocenters. The van der Waals surface area contributed by atoms with Crippen molar-refractivity contribution in [2.75, 3.05) is 6.54 Å². The standard InChI is InChI=1S/C19H22ClNO2/c1-13-11-17(12-14(2)18(13)20)23-15(3)19(22)21-10-9-16-7-5-4-6-8-16/h4-8,11-12,15H,9-10H2,1-3H3,(H,21,22)/t15-/m1/s1. The summed E-state index contributed by atoms with van der Waals surface area (Å²) >= 11 is 6.14. The lowest BCUT2D eigenvalue weighted by Crippen LogP contribution is -2.37. The lowest BCUT2D eigenvalue weighted by atomic mass is 10.1. The average Bonchev–Trinajstić information content (AvgIpc) is 2.53. The minimum Gasteiger partial charge on any atom is -0.481 e. The molecule has 1 N–H and O–H groups in total. The molecule has 0 saturated heterocycles. The summed E-state index contributed by atoms with van der Waals surface area (Å²) in [6.45, 7) is 6.19. The molecule has 0 fully saturated rings. The predicted octanol–water partition coefficient (Wildman–Crippen LogP) is 4.08. The molecule has 0 aliphatic carbocycles. The van der Waals surface area contributed by atoms with E-state index in [1.165, 1.54) is 5.56 Å². The summed E-state index contributed by atoms with van der Waals surface area (Å²) in [6, 6.07) is 13.8. The molecule has 0 aliphatic rings. The van der Waals surface area contributed by atoms with Gasteiger partial charge in [0.05, 0.1) is 0 Å². The van der Waals surface area contributed by atoms with Crippen molar-refractivity contribution in [3.8, 4) is 5.75 Å². The number of nitrogens with one attached hydrogen (secondary N) is 1. The van der Waals surface area contributed by atoms with Crippen LogP contribution in [0.2, 0.25) is 5.02 Å². The van der Waals surface area contributed by atoms with Crippen molar-refractivity contribution >= 4 is 17.5 Å². The number of carbonyl (C=O) groups excluding carboxylic acids is 1. The molecule has 0 spiro atoms. The highest BCUT2D eigenvalue weighted by Crippen LogP contribution is 2.26. The van der Waals surface area contributed by atoms with E-state index in [0.29, 0.717) is 12.3 Å². The Balaban J connectivity index is 1.85. The molecule has 2 rings (SSSR count). The van der Waals surface area contributed by atoms with Crippen molar-refractivity contribution in [2.45, 2.75) is 33.3 Å². The zero-order valence-electron chi connectivity index (χ0n) is 13.7. The number of benzene rings is 2. The van der Waals surface area contributed by atoms with Crippen LogP contribution >= 0.6 is 11.6 Å². The number of rotatable bonds is 6. The number of hydrogen-bond donors (Lipinski definition) is 1. The fraction of sp³-hybridized carbons (Fsp3) is 0.316. The third-order valence-corrected chi connectivity index (χ3v) is 4.24.